The van der Waals surface area contributed by atoms with Gasteiger partial charge in [0.25, 0.3) is 5.56 Å². The van der Waals surface area contributed by atoms with Gasteiger partial charge in [-0.05, 0) is 50.1 Å². The van der Waals surface area contributed by atoms with Crippen molar-refractivity contribution in [2.45, 2.75) is 32.9 Å². The molecule has 4 rings (SSSR count). The summed E-state index contributed by atoms with van der Waals surface area (Å²) in [6.07, 6.45) is 1.36. The van der Waals surface area contributed by atoms with Crippen LogP contribution in [-0.4, -0.2) is 35.7 Å². The molecule has 168 valence electrons. The summed E-state index contributed by atoms with van der Waals surface area (Å²) in [5.74, 6) is 1.17. The SMILES string of the molecule is CCn1c(=O)c(N2CCC(C(=O)NCc3cc(Br)ccc3OC)CC2)nc2ccccc21. The maximum absolute atomic E-state index is 13.0. The number of halogens is 1. The molecule has 0 saturated carbocycles. The Morgan fingerprint density at radius 2 is 1.97 bits per heavy atom. The monoisotopic (exact) mass is 498 g/mol. The normalized spacial score (nSPS) is 14.5. The molecule has 2 aromatic carbocycles. The van der Waals surface area contributed by atoms with Crippen LogP contribution >= 0.6 is 15.9 Å². The number of fused-ring (bicyclic) bond motifs is 1. The molecular weight excluding hydrogens is 472 g/mol. The number of aryl methyl sites for hydroxylation is 1. The fourth-order valence-electron chi connectivity index (χ4n) is 4.26. The number of nitrogens with zero attached hydrogens (tertiary/aromatic N) is 3. The molecule has 1 saturated heterocycles. The standard InChI is InChI=1S/C24H27BrN4O3/c1-3-29-20-7-5-4-6-19(20)27-22(24(29)31)28-12-10-16(11-13-28)23(30)26-15-17-14-18(25)8-9-21(17)32-2/h4-9,14,16H,3,10-13,15H2,1-2H3,(H,26,30). The van der Waals surface area contributed by atoms with E-state index in [1.165, 1.54) is 0 Å². The molecule has 2 heterocycles. The summed E-state index contributed by atoms with van der Waals surface area (Å²) in [7, 11) is 1.62. The van der Waals surface area contributed by atoms with Gasteiger partial charge in [-0.3, -0.25) is 9.59 Å². The second-order valence-corrected chi connectivity index (χ2v) is 8.82. The first-order valence-electron chi connectivity index (χ1n) is 10.9. The molecule has 0 unspecified atom stereocenters. The lowest BCUT2D eigenvalue weighted by atomic mass is 9.96. The molecule has 1 N–H and O–H groups in total. The highest BCUT2D eigenvalue weighted by molar-refractivity contribution is 9.10. The van der Waals surface area contributed by atoms with Gasteiger partial charge in [-0.15, -0.1) is 0 Å². The Labute approximate surface area is 195 Å². The van der Waals surface area contributed by atoms with Gasteiger partial charge in [0, 0.05) is 42.1 Å². The number of ether oxygens (including phenoxy) is 1. The maximum Gasteiger partial charge on any atom is 0.293 e. The summed E-state index contributed by atoms with van der Waals surface area (Å²) in [5.41, 5.74) is 2.51. The minimum atomic E-state index is -0.0849. The lowest BCUT2D eigenvalue weighted by Gasteiger charge is -2.32. The molecule has 0 bridgehead atoms. The largest absolute Gasteiger partial charge is 0.496 e. The van der Waals surface area contributed by atoms with Crippen LogP contribution in [-0.2, 0) is 17.9 Å². The Balaban J connectivity index is 1.42. The predicted molar refractivity (Wildman–Crippen MR) is 129 cm³/mol. The van der Waals surface area contributed by atoms with E-state index in [0.29, 0.717) is 44.8 Å². The van der Waals surface area contributed by atoms with E-state index in [1.54, 1.807) is 11.7 Å². The van der Waals surface area contributed by atoms with Crippen LogP contribution in [0.25, 0.3) is 11.0 Å². The lowest BCUT2D eigenvalue weighted by molar-refractivity contribution is -0.125. The summed E-state index contributed by atoms with van der Waals surface area (Å²) < 4.78 is 8.09. The van der Waals surface area contributed by atoms with E-state index in [4.69, 9.17) is 4.74 Å². The molecule has 0 aliphatic carbocycles. The smallest absolute Gasteiger partial charge is 0.293 e. The van der Waals surface area contributed by atoms with E-state index >= 15 is 0 Å². The molecular formula is C24H27BrN4O3. The number of carbonyl (C=O) groups excluding carboxylic acids is 1. The van der Waals surface area contributed by atoms with Crippen molar-refractivity contribution in [3.63, 3.8) is 0 Å². The lowest BCUT2D eigenvalue weighted by Crippen LogP contribution is -2.43. The third-order valence-electron chi connectivity index (χ3n) is 6.01. The summed E-state index contributed by atoms with van der Waals surface area (Å²) in [4.78, 5) is 32.5. The van der Waals surface area contributed by atoms with Crippen LogP contribution in [0.5, 0.6) is 5.75 Å². The molecule has 0 radical (unpaired) electrons. The van der Waals surface area contributed by atoms with E-state index in [-0.39, 0.29) is 17.4 Å². The molecule has 1 amide bonds. The Morgan fingerprint density at radius 1 is 1.22 bits per heavy atom. The van der Waals surface area contributed by atoms with E-state index in [0.717, 1.165) is 26.8 Å². The van der Waals surface area contributed by atoms with Crippen molar-refractivity contribution in [2.75, 3.05) is 25.1 Å². The average molecular weight is 499 g/mol. The summed E-state index contributed by atoms with van der Waals surface area (Å²) in [6, 6.07) is 13.4. The van der Waals surface area contributed by atoms with Crippen LogP contribution in [0.3, 0.4) is 0 Å². The molecule has 0 spiro atoms. The van der Waals surface area contributed by atoms with Crippen molar-refractivity contribution in [3.8, 4) is 5.75 Å². The number of rotatable bonds is 6. The first kappa shape index (κ1) is 22.3. The molecule has 1 aliphatic heterocycles. The van der Waals surface area contributed by atoms with E-state index < -0.39 is 0 Å². The van der Waals surface area contributed by atoms with Gasteiger partial charge in [0.15, 0.2) is 5.82 Å². The fraction of sp³-hybridized carbons (Fsp3) is 0.375. The fourth-order valence-corrected chi connectivity index (χ4v) is 4.67. The van der Waals surface area contributed by atoms with Crippen LogP contribution in [0.1, 0.15) is 25.3 Å². The molecule has 0 atom stereocenters. The minimum Gasteiger partial charge on any atom is -0.496 e. The van der Waals surface area contributed by atoms with Crippen LogP contribution in [0, 0.1) is 5.92 Å². The number of aromatic nitrogens is 2. The highest BCUT2D eigenvalue weighted by atomic mass is 79.9. The van der Waals surface area contributed by atoms with Gasteiger partial charge in [-0.2, -0.15) is 0 Å². The Morgan fingerprint density at radius 3 is 2.69 bits per heavy atom. The molecule has 3 aromatic rings. The highest BCUT2D eigenvalue weighted by Crippen LogP contribution is 2.24. The molecule has 8 heteroatoms. The molecule has 1 fully saturated rings. The number of piperidine rings is 1. The van der Waals surface area contributed by atoms with Crippen LogP contribution in [0.2, 0.25) is 0 Å². The van der Waals surface area contributed by atoms with Crippen molar-refractivity contribution < 1.29 is 9.53 Å². The first-order chi connectivity index (χ1) is 15.5. The zero-order valence-corrected chi connectivity index (χ0v) is 19.9. The summed E-state index contributed by atoms with van der Waals surface area (Å²) in [5, 5.41) is 3.04. The van der Waals surface area contributed by atoms with Crippen molar-refractivity contribution >= 4 is 38.7 Å². The van der Waals surface area contributed by atoms with Gasteiger partial charge < -0.3 is 19.5 Å². The van der Waals surface area contributed by atoms with Gasteiger partial charge >= 0.3 is 0 Å². The molecule has 1 aliphatic rings. The number of anilines is 1. The zero-order chi connectivity index (χ0) is 22.7. The summed E-state index contributed by atoms with van der Waals surface area (Å²) in [6.45, 7) is 4.22. The van der Waals surface area contributed by atoms with Crippen molar-refractivity contribution in [3.05, 3.63) is 62.9 Å². The minimum absolute atomic E-state index is 0.0316. The summed E-state index contributed by atoms with van der Waals surface area (Å²) >= 11 is 3.46. The van der Waals surface area contributed by atoms with Crippen molar-refractivity contribution in [1.29, 1.82) is 0 Å². The Bertz CT molecular complexity index is 1190. The van der Waals surface area contributed by atoms with E-state index in [1.807, 2.05) is 54.3 Å². The number of methoxy groups -OCH3 is 1. The number of para-hydroxylation sites is 2. The van der Waals surface area contributed by atoms with Gasteiger partial charge in [0.05, 0.1) is 18.1 Å². The Kier molecular flexibility index (Phi) is 6.79. The average Bonchev–Trinajstić information content (AvgIpc) is 2.82. The van der Waals surface area contributed by atoms with Gasteiger partial charge in [0.2, 0.25) is 5.91 Å². The van der Waals surface area contributed by atoms with E-state index in [2.05, 4.69) is 26.2 Å². The number of hydrogen-bond donors (Lipinski definition) is 1. The van der Waals surface area contributed by atoms with Crippen LogP contribution in [0.15, 0.2) is 51.7 Å². The number of carbonyl (C=O) groups is 1. The third-order valence-corrected chi connectivity index (χ3v) is 6.51. The highest BCUT2D eigenvalue weighted by Gasteiger charge is 2.27. The van der Waals surface area contributed by atoms with Crippen molar-refractivity contribution in [2.24, 2.45) is 5.92 Å². The molecule has 32 heavy (non-hydrogen) atoms. The Hall–Kier alpha value is -2.87. The first-order valence-corrected chi connectivity index (χ1v) is 11.7. The maximum atomic E-state index is 13.0. The molecule has 1 aromatic heterocycles. The predicted octanol–water partition coefficient (Wildman–Crippen LogP) is 3.72. The van der Waals surface area contributed by atoms with E-state index in [9.17, 15) is 9.59 Å². The number of benzene rings is 2. The van der Waals surface area contributed by atoms with Crippen LogP contribution in [0.4, 0.5) is 5.82 Å². The van der Waals surface area contributed by atoms with Gasteiger partial charge in [-0.1, -0.05) is 28.1 Å². The van der Waals surface area contributed by atoms with Gasteiger partial charge in [0.1, 0.15) is 5.75 Å². The second-order valence-electron chi connectivity index (χ2n) is 7.91. The number of nitrogens with one attached hydrogen (secondary N) is 1. The van der Waals surface area contributed by atoms with Crippen molar-refractivity contribution in [1.82, 2.24) is 14.9 Å². The third kappa shape index (κ3) is 4.50. The van der Waals surface area contributed by atoms with Crippen LogP contribution < -0.4 is 20.5 Å². The second kappa shape index (κ2) is 9.73. The molecule has 7 nitrogen and oxygen atoms in total. The number of hydrogen-bond acceptors (Lipinski definition) is 5. The van der Waals surface area contributed by atoms with Gasteiger partial charge in [-0.25, -0.2) is 4.98 Å². The number of amides is 1. The topological polar surface area (TPSA) is 76.5 Å². The zero-order valence-electron chi connectivity index (χ0n) is 18.3. The quantitative estimate of drug-likeness (QED) is 0.560.